The molecule has 1 fully saturated rings. The van der Waals surface area contributed by atoms with Crippen molar-refractivity contribution >= 4 is 11.3 Å². The van der Waals surface area contributed by atoms with Gasteiger partial charge in [0.05, 0.1) is 0 Å². The molecule has 1 aliphatic rings. The van der Waals surface area contributed by atoms with Crippen LogP contribution in [0.5, 0.6) is 0 Å². The maximum atomic E-state index is 3.75. The van der Waals surface area contributed by atoms with Crippen molar-refractivity contribution in [2.75, 3.05) is 13.1 Å². The smallest absolute Gasteiger partial charge is 0.0468 e. The van der Waals surface area contributed by atoms with Gasteiger partial charge in [0.1, 0.15) is 0 Å². The summed E-state index contributed by atoms with van der Waals surface area (Å²) in [6, 6.07) is 6.37. The van der Waals surface area contributed by atoms with Gasteiger partial charge in [-0.15, -0.1) is 11.3 Å². The molecule has 1 aromatic rings. The average molecular weight is 295 g/mol. The van der Waals surface area contributed by atoms with E-state index in [0.717, 1.165) is 6.54 Å². The van der Waals surface area contributed by atoms with Gasteiger partial charge >= 0.3 is 0 Å². The number of nitrogens with zero attached hydrogens (tertiary/aromatic N) is 1. The number of thiophene rings is 1. The molecule has 0 spiro atoms. The molecule has 3 atom stereocenters. The molecule has 0 radical (unpaired) electrons. The Balaban J connectivity index is 2.23. The van der Waals surface area contributed by atoms with E-state index >= 15 is 0 Å². The van der Waals surface area contributed by atoms with E-state index in [-0.39, 0.29) is 0 Å². The molecule has 0 saturated carbocycles. The van der Waals surface area contributed by atoms with Crippen LogP contribution in [0.4, 0.5) is 0 Å². The van der Waals surface area contributed by atoms with Gasteiger partial charge < -0.3 is 5.32 Å². The second-order valence-corrected chi connectivity index (χ2v) is 7.70. The molecule has 1 aromatic heterocycles. The Bertz CT molecular complexity index is 386. The summed E-state index contributed by atoms with van der Waals surface area (Å²) in [5, 5.41) is 5.97. The number of nitrogens with one attached hydrogen (secondary N) is 1. The Morgan fingerprint density at radius 2 is 2.10 bits per heavy atom. The molecule has 2 nitrogen and oxygen atoms in total. The van der Waals surface area contributed by atoms with E-state index in [9.17, 15) is 0 Å². The largest absolute Gasteiger partial charge is 0.311 e. The Morgan fingerprint density at radius 1 is 1.35 bits per heavy atom. The lowest BCUT2D eigenvalue weighted by atomic mass is 9.92. The van der Waals surface area contributed by atoms with Gasteiger partial charge in [-0.1, -0.05) is 40.7 Å². The van der Waals surface area contributed by atoms with Gasteiger partial charge in [-0.2, -0.15) is 0 Å². The third-order valence-electron chi connectivity index (χ3n) is 4.59. The van der Waals surface area contributed by atoms with Crippen LogP contribution in [0, 0.1) is 11.8 Å². The van der Waals surface area contributed by atoms with Gasteiger partial charge in [-0.25, -0.2) is 0 Å². The number of hydrogen-bond donors (Lipinski definition) is 1. The standard InChI is InChI=1S/C17H30N2S/c1-6-14-10-18-15(12(2)3)11-19(14)17(13(4)5)16-8-7-9-20-16/h7-9,12-15,17-18H,6,10-11H2,1-5H3. The first-order valence-electron chi connectivity index (χ1n) is 8.07. The molecule has 0 aromatic carbocycles. The van der Waals surface area contributed by atoms with Gasteiger partial charge in [-0.05, 0) is 29.7 Å². The normalized spacial score (nSPS) is 26.4. The first-order chi connectivity index (χ1) is 9.54. The van der Waals surface area contributed by atoms with Crippen molar-refractivity contribution in [1.82, 2.24) is 10.2 Å². The minimum absolute atomic E-state index is 0.572. The van der Waals surface area contributed by atoms with E-state index in [4.69, 9.17) is 0 Å². The second-order valence-electron chi connectivity index (χ2n) is 6.72. The molecule has 2 heterocycles. The summed E-state index contributed by atoms with van der Waals surface area (Å²) >= 11 is 1.91. The zero-order chi connectivity index (χ0) is 14.7. The van der Waals surface area contributed by atoms with Gasteiger partial charge in [0.2, 0.25) is 0 Å². The fourth-order valence-corrected chi connectivity index (χ4v) is 4.36. The molecule has 3 unspecified atom stereocenters. The molecular formula is C17H30N2S. The van der Waals surface area contributed by atoms with Gasteiger partial charge in [-0.3, -0.25) is 4.90 Å². The van der Waals surface area contributed by atoms with E-state index < -0.39 is 0 Å². The predicted octanol–water partition coefficient (Wildman–Crippen LogP) is 4.15. The van der Waals surface area contributed by atoms with Crippen LogP contribution in [0.1, 0.15) is 52.0 Å². The van der Waals surface area contributed by atoms with Gasteiger partial charge in [0.15, 0.2) is 0 Å². The van der Waals surface area contributed by atoms with E-state index in [1.165, 1.54) is 17.8 Å². The van der Waals surface area contributed by atoms with Crippen LogP contribution in [0.25, 0.3) is 0 Å². The Kier molecular flexibility index (Phi) is 5.65. The fourth-order valence-electron chi connectivity index (χ4n) is 3.35. The monoisotopic (exact) mass is 294 g/mol. The fraction of sp³-hybridized carbons (Fsp3) is 0.765. The highest BCUT2D eigenvalue weighted by atomic mass is 32.1. The average Bonchev–Trinajstić information content (AvgIpc) is 2.92. The molecule has 1 saturated heterocycles. The summed E-state index contributed by atoms with van der Waals surface area (Å²) < 4.78 is 0. The predicted molar refractivity (Wildman–Crippen MR) is 89.3 cm³/mol. The van der Waals surface area contributed by atoms with Crippen LogP contribution in [0.15, 0.2) is 17.5 Å². The van der Waals surface area contributed by atoms with Crippen LogP contribution >= 0.6 is 11.3 Å². The first-order valence-corrected chi connectivity index (χ1v) is 8.95. The van der Waals surface area contributed by atoms with Crippen LogP contribution in [0.3, 0.4) is 0 Å². The molecule has 1 N–H and O–H groups in total. The molecular weight excluding hydrogens is 264 g/mol. The Labute approximate surface area is 128 Å². The molecule has 1 aliphatic heterocycles. The number of rotatable bonds is 5. The van der Waals surface area contributed by atoms with Crippen molar-refractivity contribution < 1.29 is 0 Å². The van der Waals surface area contributed by atoms with E-state index in [1.54, 1.807) is 0 Å². The first kappa shape index (κ1) is 16.0. The summed E-state index contributed by atoms with van der Waals surface area (Å²) in [5.74, 6) is 1.36. The van der Waals surface area contributed by atoms with Crippen molar-refractivity contribution in [2.24, 2.45) is 11.8 Å². The van der Waals surface area contributed by atoms with E-state index in [1.807, 2.05) is 11.3 Å². The van der Waals surface area contributed by atoms with Crippen molar-refractivity contribution in [3.8, 4) is 0 Å². The third-order valence-corrected chi connectivity index (χ3v) is 5.53. The molecule has 0 aliphatic carbocycles. The Morgan fingerprint density at radius 3 is 2.60 bits per heavy atom. The maximum absolute atomic E-state index is 3.75. The molecule has 3 heteroatoms. The van der Waals surface area contributed by atoms with Crippen molar-refractivity contribution in [1.29, 1.82) is 0 Å². The SMILES string of the molecule is CCC1CNC(C(C)C)CN1C(c1cccs1)C(C)C. The van der Waals surface area contributed by atoms with Crippen molar-refractivity contribution in [3.05, 3.63) is 22.4 Å². The zero-order valence-corrected chi connectivity index (χ0v) is 14.4. The zero-order valence-electron chi connectivity index (χ0n) is 13.6. The summed E-state index contributed by atoms with van der Waals surface area (Å²) in [7, 11) is 0. The quantitative estimate of drug-likeness (QED) is 0.877. The summed E-state index contributed by atoms with van der Waals surface area (Å²) in [4.78, 5) is 4.31. The van der Waals surface area contributed by atoms with Gasteiger partial charge in [0.25, 0.3) is 0 Å². The van der Waals surface area contributed by atoms with Crippen LogP contribution < -0.4 is 5.32 Å². The highest BCUT2D eigenvalue weighted by molar-refractivity contribution is 7.10. The molecule has 0 amide bonds. The van der Waals surface area contributed by atoms with Crippen molar-refractivity contribution in [3.63, 3.8) is 0 Å². The lowest BCUT2D eigenvalue weighted by Gasteiger charge is -2.46. The summed E-state index contributed by atoms with van der Waals surface area (Å²) in [6.07, 6.45) is 1.23. The minimum Gasteiger partial charge on any atom is -0.311 e. The molecule has 114 valence electrons. The van der Waals surface area contributed by atoms with Gasteiger partial charge in [0, 0.05) is 36.1 Å². The summed E-state index contributed by atoms with van der Waals surface area (Å²) in [5.41, 5.74) is 0. The Hall–Kier alpha value is -0.380. The van der Waals surface area contributed by atoms with Crippen LogP contribution in [0.2, 0.25) is 0 Å². The van der Waals surface area contributed by atoms with E-state index in [0.29, 0.717) is 30.0 Å². The summed E-state index contributed by atoms with van der Waals surface area (Å²) in [6.45, 7) is 14.0. The maximum Gasteiger partial charge on any atom is 0.0468 e. The topological polar surface area (TPSA) is 15.3 Å². The van der Waals surface area contributed by atoms with Crippen molar-refractivity contribution in [2.45, 2.75) is 59.2 Å². The lowest BCUT2D eigenvalue weighted by Crippen LogP contribution is -2.59. The third kappa shape index (κ3) is 3.44. The van der Waals surface area contributed by atoms with E-state index in [2.05, 4.69) is 62.3 Å². The second kappa shape index (κ2) is 7.06. The number of hydrogen-bond acceptors (Lipinski definition) is 3. The molecule has 20 heavy (non-hydrogen) atoms. The molecule has 2 rings (SSSR count). The number of piperazine rings is 1. The van der Waals surface area contributed by atoms with Crippen LogP contribution in [-0.2, 0) is 0 Å². The highest BCUT2D eigenvalue weighted by Gasteiger charge is 2.35. The molecule has 0 bridgehead atoms. The lowest BCUT2D eigenvalue weighted by molar-refractivity contribution is 0.0472. The van der Waals surface area contributed by atoms with Crippen LogP contribution in [-0.4, -0.2) is 30.1 Å². The minimum atomic E-state index is 0.572. The highest BCUT2D eigenvalue weighted by Crippen LogP contribution is 2.35.